The minimum absolute atomic E-state index is 0.113. The molecule has 84 valence electrons. The van der Waals surface area contributed by atoms with Crippen molar-refractivity contribution in [1.82, 2.24) is 0 Å². The van der Waals surface area contributed by atoms with Crippen LogP contribution in [-0.4, -0.2) is 20.6 Å². The molecule has 0 heterocycles. The van der Waals surface area contributed by atoms with Gasteiger partial charge in [0.1, 0.15) is 0 Å². The molecular weight excluding hydrogens is 208 g/mol. The number of benzene rings is 1. The van der Waals surface area contributed by atoms with E-state index in [2.05, 4.69) is 4.74 Å². The van der Waals surface area contributed by atoms with E-state index >= 15 is 0 Å². The number of methoxy groups -OCH3 is 1. The predicted octanol–water partition coefficient (Wildman–Crippen LogP) is 2.77. The maximum absolute atomic E-state index is 12.0. The van der Waals surface area contributed by atoms with E-state index in [1.807, 2.05) is 6.92 Å². The van der Waals surface area contributed by atoms with Crippen LogP contribution in [0.1, 0.15) is 5.56 Å². The molecule has 0 radical (unpaired) electrons. The minimum atomic E-state index is -4.94. The van der Waals surface area contributed by atoms with Crippen molar-refractivity contribution in [2.75, 3.05) is 13.6 Å². The van der Waals surface area contributed by atoms with Gasteiger partial charge in [-0.3, -0.25) is 0 Å². The Morgan fingerprint density at radius 3 is 2.40 bits per heavy atom. The van der Waals surface area contributed by atoms with Gasteiger partial charge in [-0.25, -0.2) is 0 Å². The van der Waals surface area contributed by atoms with E-state index in [0.717, 1.165) is 5.56 Å². The molecule has 2 nitrogen and oxygen atoms in total. The van der Waals surface area contributed by atoms with E-state index in [-0.39, 0.29) is 5.75 Å². The molecule has 0 saturated heterocycles. The summed E-state index contributed by atoms with van der Waals surface area (Å²) in [7, 11) is 1.39. The van der Waals surface area contributed by atoms with Crippen molar-refractivity contribution in [1.29, 1.82) is 0 Å². The van der Waals surface area contributed by atoms with Crippen molar-refractivity contribution in [3.05, 3.63) is 23.8 Å². The summed E-state index contributed by atoms with van der Waals surface area (Å²) >= 11 is 0. The molecule has 0 amide bonds. The van der Waals surface area contributed by atoms with E-state index in [4.69, 9.17) is 4.74 Å². The first-order chi connectivity index (χ1) is 6.92. The van der Waals surface area contributed by atoms with Crippen molar-refractivity contribution < 1.29 is 22.4 Å². The van der Waals surface area contributed by atoms with Crippen LogP contribution >= 0.6 is 0 Å². The molecule has 0 N–H and O–H groups in total. The van der Waals surface area contributed by atoms with Crippen LogP contribution in [0.4, 0.5) is 12.9 Å². The summed E-state index contributed by atoms with van der Waals surface area (Å²) in [6.07, 6.45) is 0. The quantitative estimate of drug-likeness (QED) is 0.724. The van der Waals surface area contributed by atoms with Gasteiger partial charge >= 0.3 is 6.98 Å². The summed E-state index contributed by atoms with van der Waals surface area (Å²) in [6.45, 7) is -4.37. The van der Waals surface area contributed by atoms with Crippen molar-refractivity contribution in [2.24, 2.45) is 0 Å². The van der Waals surface area contributed by atoms with Gasteiger partial charge in [-0.05, 0) is 24.6 Å². The Labute approximate surface area is 86.1 Å². The highest BCUT2D eigenvalue weighted by atomic mass is 19.4. The van der Waals surface area contributed by atoms with Crippen LogP contribution in [0, 0.1) is 6.92 Å². The SMILES string of the molecule is COc1cc(C)ccc1OC[B-](F)(F)F. The van der Waals surface area contributed by atoms with Gasteiger partial charge < -0.3 is 22.4 Å². The second-order valence-corrected chi connectivity index (χ2v) is 3.18. The Kier molecular flexibility index (Phi) is 3.50. The molecule has 0 aliphatic carbocycles. The monoisotopic (exact) mass is 219 g/mol. The average Bonchev–Trinajstić information content (AvgIpc) is 2.14. The first-order valence-corrected chi connectivity index (χ1v) is 4.41. The zero-order chi connectivity index (χ0) is 11.5. The summed E-state index contributed by atoms with van der Waals surface area (Å²) < 4.78 is 45.4. The second-order valence-electron chi connectivity index (χ2n) is 3.18. The average molecular weight is 219 g/mol. The van der Waals surface area contributed by atoms with Gasteiger partial charge in [-0.1, -0.05) is 6.07 Å². The van der Waals surface area contributed by atoms with Gasteiger partial charge in [0.15, 0.2) is 11.5 Å². The topological polar surface area (TPSA) is 18.5 Å². The van der Waals surface area contributed by atoms with Crippen LogP contribution < -0.4 is 9.47 Å². The Morgan fingerprint density at radius 2 is 1.87 bits per heavy atom. The van der Waals surface area contributed by atoms with Crippen LogP contribution in [0.15, 0.2) is 18.2 Å². The van der Waals surface area contributed by atoms with Crippen LogP contribution in [0.25, 0.3) is 0 Å². The molecule has 0 spiro atoms. The van der Waals surface area contributed by atoms with Crippen LogP contribution in [-0.2, 0) is 0 Å². The maximum Gasteiger partial charge on any atom is 0.515 e. The van der Waals surface area contributed by atoms with E-state index < -0.39 is 13.5 Å². The van der Waals surface area contributed by atoms with E-state index in [9.17, 15) is 12.9 Å². The summed E-state index contributed by atoms with van der Waals surface area (Å²) in [5.74, 6) is 0.428. The number of halogens is 3. The summed E-state index contributed by atoms with van der Waals surface area (Å²) in [4.78, 5) is 0. The molecule has 0 aliphatic heterocycles. The molecular formula is C9H11BF3O2-. The van der Waals surface area contributed by atoms with Crippen molar-refractivity contribution in [3.8, 4) is 11.5 Å². The summed E-state index contributed by atoms with van der Waals surface area (Å²) in [5, 5.41) is 0. The lowest BCUT2D eigenvalue weighted by Gasteiger charge is -2.17. The van der Waals surface area contributed by atoms with Crippen LogP contribution in [0.2, 0.25) is 0 Å². The molecule has 1 rings (SSSR count). The van der Waals surface area contributed by atoms with Gasteiger partial charge in [-0.2, -0.15) is 0 Å². The molecule has 0 fully saturated rings. The molecule has 0 atom stereocenters. The summed E-state index contributed by atoms with van der Waals surface area (Å²) in [6, 6.07) is 4.76. The van der Waals surface area contributed by atoms with Crippen molar-refractivity contribution >= 4 is 6.98 Å². The predicted molar refractivity (Wildman–Crippen MR) is 52.3 cm³/mol. The fourth-order valence-corrected chi connectivity index (χ4v) is 1.08. The molecule has 0 aliphatic rings. The van der Waals surface area contributed by atoms with Crippen molar-refractivity contribution in [3.63, 3.8) is 0 Å². The number of rotatable bonds is 4. The zero-order valence-corrected chi connectivity index (χ0v) is 8.47. The Hall–Kier alpha value is -1.33. The summed E-state index contributed by atoms with van der Waals surface area (Å²) in [5.41, 5.74) is 0.900. The number of hydrogen-bond acceptors (Lipinski definition) is 2. The normalized spacial score (nSPS) is 11.3. The van der Waals surface area contributed by atoms with Gasteiger partial charge in [0, 0.05) is 0 Å². The minimum Gasteiger partial charge on any atom is -0.519 e. The highest BCUT2D eigenvalue weighted by molar-refractivity contribution is 6.58. The molecule has 15 heavy (non-hydrogen) atoms. The van der Waals surface area contributed by atoms with Gasteiger partial charge in [0.05, 0.1) is 13.6 Å². The maximum atomic E-state index is 12.0. The molecule has 1 aromatic carbocycles. The number of ether oxygens (including phenoxy) is 2. The molecule has 0 unspecified atom stereocenters. The van der Waals surface area contributed by atoms with E-state index in [1.54, 1.807) is 12.1 Å². The third-order valence-electron chi connectivity index (χ3n) is 1.75. The van der Waals surface area contributed by atoms with Crippen LogP contribution in [0.3, 0.4) is 0 Å². The Bertz CT molecular complexity index is 339. The Morgan fingerprint density at radius 1 is 1.20 bits per heavy atom. The van der Waals surface area contributed by atoms with Crippen molar-refractivity contribution in [2.45, 2.75) is 6.92 Å². The van der Waals surface area contributed by atoms with Gasteiger partial charge in [0.2, 0.25) is 0 Å². The van der Waals surface area contributed by atoms with Gasteiger partial charge in [-0.15, -0.1) is 0 Å². The molecule has 0 aromatic heterocycles. The molecule has 1 aromatic rings. The van der Waals surface area contributed by atoms with E-state index in [0.29, 0.717) is 5.75 Å². The number of hydrogen-bond donors (Lipinski definition) is 0. The number of aryl methyl sites for hydroxylation is 1. The molecule has 0 bridgehead atoms. The molecule has 6 heteroatoms. The van der Waals surface area contributed by atoms with E-state index in [1.165, 1.54) is 13.2 Å². The lowest BCUT2D eigenvalue weighted by atomic mass is 9.95. The highest BCUT2D eigenvalue weighted by Crippen LogP contribution is 2.28. The fourth-order valence-electron chi connectivity index (χ4n) is 1.08. The highest BCUT2D eigenvalue weighted by Gasteiger charge is 2.24. The smallest absolute Gasteiger partial charge is 0.515 e. The first kappa shape index (κ1) is 11.7. The largest absolute Gasteiger partial charge is 0.519 e. The lowest BCUT2D eigenvalue weighted by Crippen LogP contribution is -2.26. The first-order valence-electron chi connectivity index (χ1n) is 4.41. The fraction of sp³-hybridized carbons (Fsp3) is 0.333. The van der Waals surface area contributed by atoms with Gasteiger partial charge in [0.25, 0.3) is 0 Å². The zero-order valence-electron chi connectivity index (χ0n) is 8.47. The second kappa shape index (κ2) is 4.46. The third kappa shape index (κ3) is 3.73. The lowest BCUT2D eigenvalue weighted by molar-refractivity contribution is 0.295. The Balaban J connectivity index is 2.76. The standard InChI is InChI=1S/C9H11BF3O2/c1-7-3-4-8(9(5-7)14-2)15-6-10(11,12)13/h3-5H,6H2,1-2H3/q-1. The third-order valence-corrected chi connectivity index (χ3v) is 1.75. The molecule has 0 saturated carbocycles. The van der Waals surface area contributed by atoms with Crippen LogP contribution in [0.5, 0.6) is 11.5 Å².